The van der Waals surface area contributed by atoms with Gasteiger partial charge < -0.3 is 15.0 Å². The van der Waals surface area contributed by atoms with Crippen molar-refractivity contribution < 1.29 is 22.7 Å². The summed E-state index contributed by atoms with van der Waals surface area (Å²) in [6, 6.07) is 14.5. The molecule has 0 aliphatic heterocycles. The first-order chi connectivity index (χ1) is 20.7. The van der Waals surface area contributed by atoms with Gasteiger partial charge in [-0.05, 0) is 124 Å². The van der Waals surface area contributed by atoms with E-state index in [-0.39, 0.29) is 17.9 Å². The summed E-state index contributed by atoms with van der Waals surface area (Å²) in [6.45, 7) is 7.27. The molecule has 0 spiro atoms. The van der Waals surface area contributed by atoms with Gasteiger partial charge >= 0.3 is 0 Å². The molecular weight excluding hydrogens is 574 g/mol. The van der Waals surface area contributed by atoms with E-state index >= 15 is 0 Å². The molecule has 0 heterocycles. The van der Waals surface area contributed by atoms with Crippen LogP contribution < -0.4 is 14.4 Å². The Balaban J connectivity index is 1.42. The third kappa shape index (κ3) is 7.08. The van der Waals surface area contributed by atoms with E-state index < -0.39 is 34.1 Å². The standard InChI is InChI=1S/C35H49N3O5S/c1-7-31(33(40)36-34(2,3)4)37(22-24-9-8-10-30(18-24)43-5)32(39)23-38(44(6,41)42)29-13-11-28(12-14-29)35-19-25-15-26(20-35)17-27(16-25)21-35/h8-14,18,25-27,31H,7,15-17,19-23H2,1-6H3,(H,36,40)/t25?,26?,27?,31-,35?/m0/s1. The molecule has 0 saturated heterocycles. The van der Waals surface area contributed by atoms with Crippen molar-refractivity contribution in [3.63, 3.8) is 0 Å². The second-order valence-corrected chi connectivity index (χ2v) is 16.5. The smallest absolute Gasteiger partial charge is 0.244 e. The predicted octanol–water partition coefficient (Wildman–Crippen LogP) is 5.65. The molecule has 9 heteroatoms. The Morgan fingerprint density at radius 2 is 1.59 bits per heavy atom. The monoisotopic (exact) mass is 623 g/mol. The lowest BCUT2D eigenvalue weighted by Gasteiger charge is -2.57. The lowest BCUT2D eigenvalue weighted by atomic mass is 9.48. The number of sulfonamides is 1. The summed E-state index contributed by atoms with van der Waals surface area (Å²) in [5.41, 5.74) is 2.24. The lowest BCUT2D eigenvalue weighted by Crippen LogP contribution is -2.55. The lowest BCUT2D eigenvalue weighted by molar-refractivity contribution is -0.141. The van der Waals surface area contributed by atoms with Gasteiger partial charge in [0.2, 0.25) is 21.8 Å². The zero-order valence-electron chi connectivity index (χ0n) is 27.1. The molecule has 4 aliphatic carbocycles. The fourth-order valence-electron chi connectivity index (χ4n) is 8.40. The number of carbonyl (C=O) groups excluding carboxylic acids is 2. The summed E-state index contributed by atoms with van der Waals surface area (Å²) < 4.78 is 32.9. The summed E-state index contributed by atoms with van der Waals surface area (Å²) in [4.78, 5) is 29.0. The van der Waals surface area contributed by atoms with E-state index in [0.29, 0.717) is 17.9 Å². The summed E-state index contributed by atoms with van der Waals surface area (Å²) in [5.74, 6) is 2.34. The number of amides is 2. The van der Waals surface area contributed by atoms with Crippen LogP contribution in [-0.2, 0) is 31.6 Å². The minimum absolute atomic E-state index is 0.134. The van der Waals surface area contributed by atoms with Gasteiger partial charge in [0, 0.05) is 12.1 Å². The average molecular weight is 624 g/mol. The Kier molecular flexibility index (Phi) is 9.09. The first-order valence-electron chi connectivity index (χ1n) is 16.0. The number of nitrogens with one attached hydrogen (secondary N) is 1. The molecule has 4 aliphatic rings. The van der Waals surface area contributed by atoms with Crippen LogP contribution in [0, 0.1) is 17.8 Å². The fourth-order valence-corrected chi connectivity index (χ4v) is 9.25. The number of hydrogen-bond donors (Lipinski definition) is 1. The molecule has 0 unspecified atom stereocenters. The molecule has 4 bridgehead atoms. The highest BCUT2D eigenvalue weighted by atomic mass is 32.2. The second-order valence-electron chi connectivity index (χ2n) is 14.6. The zero-order valence-corrected chi connectivity index (χ0v) is 28.0. The molecule has 4 saturated carbocycles. The van der Waals surface area contributed by atoms with Crippen LogP contribution in [0.15, 0.2) is 48.5 Å². The number of benzene rings is 2. The molecule has 2 aromatic rings. The van der Waals surface area contributed by atoms with Gasteiger partial charge in [-0.3, -0.25) is 13.9 Å². The van der Waals surface area contributed by atoms with Crippen molar-refractivity contribution >= 4 is 27.5 Å². The quantitative estimate of drug-likeness (QED) is 0.349. The Morgan fingerprint density at radius 1 is 1.00 bits per heavy atom. The molecule has 6 rings (SSSR count). The van der Waals surface area contributed by atoms with Crippen LogP contribution in [0.1, 0.15) is 83.8 Å². The molecule has 2 amide bonds. The molecule has 2 aromatic carbocycles. The van der Waals surface area contributed by atoms with Crippen LogP contribution in [0.5, 0.6) is 5.75 Å². The molecule has 1 N–H and O–H groups in total. The van der Waals surface area contributed by atoms with Crippen molar-refractivity contribution in [2.24, 2.45) is 17.8 Å². The average Bonchev–Trinajstić information content (AvgIpc) is 2.93. The topological polar surface area (TPSA) is 96.0 Å². The number of carbonyl (C=O) groups is 2. The van der Waals surface area contributed by atoms with Crippen LogP contribution in [-0.4, -0.2) is 56.6 Å². The summed E-state index contributed by atoms with van der Waals surface area (Å²) in [6.07, 6.45) is 9.25. The first kappa shape index (κ1) is 32.3. The molecule has 240 valence electrons. The third-order valence-electron chi connectivity index (χ3n) is 9.86. The summed E-state index contributed by atoms with van der Waals surface area (Å²) in [5, 5.41) is 3.00. The fraction of sp³-hybridized carbons (Fsp3) is 0.600. The van der Waals surface area contributed by atoms with Crippen LogP contribution in [0.25, 0.3) is 0 Å². The van der Waals surface area contributed by atoms with Crippen molar-refractivity contribution in [1.29, 1.82) is 0 Å². The number of anilines is 1. The maximum atomic E-state index is 14.1. The minimum atomic E-state index is -3.80. The molecule has 0 radical (unpaired) electrons. The Labute approximate surface area is 263 Å². The summed E-state index contributed by atoms with van der Waals surface area (Å²) >= 11 is 0. The maximum absolute atomic E-state index is 14.1. The highest BCUT2D eigenvalue weighted by Crippen LogP contribution is 2.60. The molecule has 4 fully saturated rings. The zero-order chi connectivity index (χ0) is 31.9. The van der Waals surface area contributed by atoms with Crippen molar-refractivity contribution in [2.75, 3.05) is 24.2 Å². The Bertz CT molecular complexity index is 1430. The van der Waals surface area contributed by atoms with E-state index in [1.807, 2.05) is 64.1 Å². The van der Waals surface area contributed by atoms with Crippen LogP contribution in [0.4, 0.5) is 5.69 Å². The molecule has 0 aromatic heterocycles. The van der Waals surface area contributed by atoms with Gasteiger partial charge in [-0.25, -0.2) is 8.42 Å². The SMILES string of the molecule is CC[C@@H](C(=O)NC(C)(C)C)N(Cc1cccc(OC)c1)C(=O)CN(c1ccc(C23CC4CC(CC(C4)C2)C3)cc1)S(C)(=O)=O. The van der Waals surface area contributed by atoms with Gasteiger partial charge in [0.15, 0.2) is 0 Å². The molecular formula is C35H49N3O5S. The molecule has 1 atom stereocenters. The first-order valence-corrected chi connectivity index (χ1v) is 17.9. The van der Waals surface area contributed by atoms with Gasteiger partial charge in [-0.2, -0.15) is 0 Å². The van der Waals surface area contributed by atoms with E-state index in [2.05, 4.69) is 17.4 Å². The second kappa shape index (κ2) is 12.4. The van der Waals surface area contributed by atoms with E-state index in [1.165, 1.54) is 53.3 Å². The van der Waals surface area contributed by atoms with E-state index in [0.717, 1.165) is 29.6 Å². The van der Waals surface area contributed by atoms with Crippen LogP contribution in [0.3, 0.4) is 0 Å². The highest BCUT2D eigenvalue weighted by Gasteiger charge is 2.51. The normalized spacial score (nSPS) is 24.9. The molecule has 8 nitrogen and oxygen atoms in total. The van der Waals surface area contributed by atoms with Crippen molar-refractivity contribution in [1.82, 2.24) is 10.2 Å². The number of ether oxygens (including phenoxy) is 1. The van der Waals surface area contributed by atoms with E-state index in [1.54, 1.807) is 7.11 Å². The number of rotatable bonds is 11. The largest absolute Gasteiger partial charge is 0.497 e. The predicted molar refractivity (Wildman–Crippen MR) is 174 cm³/mol. The Hall–Kier alpha value is -3.07. The van der Waals surface area contributed by atoms with Crippen LogP contribution >= 0.6 is 0 Å². The van der Waals surface area contributed by atoms with Gasteiger partial charge in [0.05, 0.1) is 19.1 Å². The number of methoxy groups -OCH3 is 1. The maximum Gasteiger partial charge on any atom is 0.244 e. The van der Waals surface area contributed by atoms with E-state index in [9.17, 15) is 18.0 Å². The van der Waals surface area contributed by atoms with Gasteiger partial charge in [0.1, 0.15) is 18.3 Å². The highest BCUT2D eigenvalue weighted by molar-refractivity contribution is 7.92. The van der Waals surface area contributed by atoms with Crippen molar-refractivity contribution in [2.45, 2.75) is 96.2 Å². The van der Waals surface area contributed by atoms with Gasteiger partial charge in [-0.1, -0.05) is 31.2 Å². The van der Waals surface area contributed by atoms with Crippen molar-refractivity contribution in [3.8, 4) is 5.75 Å². The molecule has 44 heavy (non-hydrogen) atoms. The minimum Gasteiger partial charge on any atom is -0.497 e. The van der Waals surface area contributed by atoms with Crippen LogP contribution in [0.2, 0.25) is 0 Å². The summed E-state index contributed by atoms with van der Waals surface area (Å²) in [7, 11) is -2.23. The number of nitrogens with zero attached hydrogens (tertiary/aromatic N) is 2. The van der Waals surface area contributed by atoms with Crippen molar-refractivity contribution in [3.05, 3.63) is 59.7 Å². The van der Waals surface area contributed by atoms with Gasteiger partial charge in [0.25, 0.3) is 0 Å². The van der Waals surface area contributed by atoms with Gasteiger partial charge in [-0.15, -0.1) is 0 Å². The number of hydrogen-bond acceptors (Lipinski definition) is 5. The third-order valence-corrected chi connectivity index (χ3v) is 11.0. The Morgan fingerprint density at radius 3 is 2.09 bits per heavy atom. The van der Waals surface area contributed by atoms with E-state index in [4.69, 9.17) is 4.74 Å².